The first-order valence-electron chi connectivity index (χ1n) is 6.80. The Hall–Kier alpha value is -2.01. The number of amides is 1. The maximum absolute atomic E-state index is 12.5. The third kappa shape index (κ3) is 3.03. The highest BCUT2D eigenvalue weighted by Crippen LogP contribution is 2.20. The number of aromatic nitrogens is 1. The van der Waals surface area contributed by atoms with Crippen molar-refractivity contribution in [3.8, 4) is 0 Å². The average molecular weight is 344 g/mol. The van der Waals surface area contributed by atoms with Crippen LogP contribution >= 0.6 is 15.9 Å². The number of hydrazone groups is 1. The predicted molar refractivity (Wildman–Crippen MR) is 85.2 cm³/mol. The summed E-state index contributed by atoms with van der Waals surface area (Å²) >= 11 is 3.39. The molecule has 106 valence electrons. The normalized spacial score (nSPS) is 14.7. The fraction of sp³-hybridized carbons (Fsp3) is 0.188. The van der Waals surface area contributed by atoms with Gasteiger partial charge in [-0.3, -0.25) is 9.78 Å². The third-order valence-corrected chi connectivity index (χ3v) is 4.06. The molecule has 1 aliphatic heterocycles. The van der Waals surface area contributed by atoms with Crippen LogP contribution in [0.5, 0.6) is 0 Å². The highest BCUT2D eigenvalue weighted by molar-refractivity contribution is 9.10. The number of carbonyl (C=O) groups excluding carboxylic acids is 1. The monoisotopic (exact) mass is 343 g/mol. The van der Waals surface area contributed by atoms with Crippen LogP contribution in [0.15, 0.2) is 58.4 Å². The molecule has 0 fully saturated rings. The van der Waals surface area contributed by atoms with Crippen molar-refractivity contribution in [2.75, 3.05) is 6.54 Å². The van der Waals surface area contributed by atoms with Gasteiger partial charge in [-0.2, -0.15) is 5.10 Å². The quantitative estimate of drug-likeness (QED) is 0.837. The Labute approximate surface area is 131 Å². The molecule has 1 aromatic heterocycles. The Bertz CT molecular complexity index is 685. The molecule has 0 radical (unpaired) electrons. The van der Waals surface area contributed by atoms with Crippen LogP contribution in [0.3, 0.4) is 0 Å². The van der Waals surface area contributed by atoms with E-state index < -0.39 is 0 Å². The van der Waals surface area contributed by atoms with Gasteiger partial charge in [-0.05, 0) is 40.4 Å². The maximum Gasteiger partial charge on any atom is 0.276 e. The number of nitrogens with zero attached hydrogens (tertiary/aromatic N) is 3. The number of carbonyl (C=O) groups is 1. The standard InChI is InChI=1S/C16H14BrN3O/c17-14-8-9-18-11-13(14)16(21)20-10-4-7-15(19-20)12-5-2-1-3-6-12/h1-3,5-6,8-9,11H,4,7,10H2. The van der Waals surface area contributed by atoms with Crippen molar-refractivity contribution in [1.29, 1.82) is 0 Å². The lowest BCUT2D eigenvalue weighted by atomic mass is 10.0. The molecule has 2 heterocycles. The van der Waals surface area contributed by atoms with E-state index in [1.807, 2.05) is 30.3 Å². The Morgan fingerprint density at radius 3 is 2.76 bits per heavy atom. The Morgan fingerprint density at radius 1 is 1.19 bits per heavy atom. The molecule has 3 rings (SSSR count). The molecule has 0 saturated heterocycles. The molecule has 5 heteroatoms. The summed E-state index contributed by atoms with van der Waals surface area (Å²) in [5.74, 6) is -0.122. The molecule has 0 spiro atoms. The summed E-state index contributed by atoms with van der Waals surface area (Å²) in [4.78, 5) is 16.6. The minimum atomic E-state index is -0.122. The largest absolute Gasteiger partial charge is 0.276 e. The Kier molecular flexibility index (Phi) is 4.10. The van der Waals surface area contributed by atoms with Crippen LogP contribution in [0.2, 0.25) is 0 Å². The van der Waals surface area contributed by atoms with Gasteiger partial charge in [0.15, 0.2) is 0 Å². The van der Waals surface area contributed by atoms with Crippen LogP contribution in [-0.2, 0) is 0 Å². The van der Waals surface area contributed by atoms with Gasteiger partial charge in [0.05, 0.1) is 11.3 Å². The first kappa shape index (κ1) is 13.9. The zero-order valence-corrected chi connectivity index (χ0v) is 13.0. The minimum Gasteiger partial charge on any atom is -0.267 e. The Balaban J connectivity index is 1.89. The van der Waals surface area contributed by atoms with Gasteiger partial charge in [0.2, 0.25) is 0 Å². The highest BCUT2D eigenvalue weighted by atomic mass is 79.9. The van der Waals surface area contributed by atoms with Gasteiger partial charge >= 0.3 is 0 Å². The second-order valence-corrected chi connectivity index (χ2v) is 5.65. The first-order chi connectivity index (χ1) is 10.3. The zero-order chi connectivity index (χ0) is 14.7. The number of halogens is 1. The van der Waals surface area contributed by atoms with Crippen molar-refractivity contribution in [1.82, 2.24) is 9.99 Å². The molecule has 1 amide bonds. The van der Waals surface area contributed by atoms with Crippen molar-refractivity contribution in [3.63, 3.8) is 0 Å². The molecule has 1 aromatic carbocycles. The minimum absolute atomic E-state index is 0.122. The summed E-state index contributed by atoms with van der Waals surface area (Å²) in [5.41, 5.74) is 2.56. The summed E-state index contributed by atoms with van der Waals surface area (Å²) in [6.45, 7) is 0.635. The van der Waals surface area contributed by atoms with Crippen molar-refractivity contribution in [2.45, 2.75) is 12.8 Å². The van der Waals surface area contributed by atoms with Crippen LogP contribution in [0.25, 0.3) is 0 Å². The fourth-order valence-electron chi connectivity index (χ4n) is 2.30. The molecule has 21 heavy (non-hydrogen) atoms. The topological polar surface area (TPSA) is 45.6 Å². The molecular formula is C16H14BrN3O. The molecule has 0 atom stereocenters. The maximum atomic E-state index is 12.5. The van der Waals surface area contributed by atoms with Gasteiger partial charge < -0.3 is 0 Å². The number of pyridine rings is 1. The van der Waals surface area contributed by atoms with Crippen molar-refractivity contribution >= 4 is 27.5 Å². The summed E-state index contributed by atoms with van der Waals surface area (Å²) < 4.78 is 0.740. The van der Waals surface area contributed by atoms with E-state index in [0.717, 1.165) is 28.6 Å². The SMILES string of the molecule is O=C(c1cnccc1Br)N1CCCC(c2ccccc2)=N1. The summed E-state index contributed by atoms with van der Waals surface area (Å²) in [6.07, 6.45) is 5.02. The van der Waals surface area contributed by atoms with Gasteiger partial charge in [-0.15, -0.1) is 0 Å². The van der Waals surface area contributed by atoms with E-state index in [1.165, 1.54) is 5.01 Å². The molecule has 1 aliphatic rings. The smallest absolute Gasteiger partial charge is 0.267 e. The molecule has 0 saturated carbocycles. The number of hydrogen-bond acceptors (Lipinski definition) is 3. The molecule has 0 aliphatic carbocycles. The number of rotatable bonds is 2. The van der Waals surface area contributed by atoms with Gasteiger partial charge in [0.1, 0.15) is 0 Å². The Morgan fingerprint density at radius 2 is 2.00 bits per heavy atom. The third-order valence-electron chi connectivity index (χ3n) is 3.36. The number of benzene rings is 1. The van der Waals surface area contributed by atoms with Gasteiger partial charge in [0.25, 0.3) is 5.91 Å². The van der Waals surface area contributed by atoms with E-state index in [0.29, 0.717) is 12.1 Å². The van der Waals surface area contributed by atoms with Crippen LogP contribution in [-0.4, -0.2) is 28.2 Å². The van der Waals surface area contributed by atoms with E-state index in [2.05, 4.69) is 26.0 Å². The van der Waals surface area contributed by atoms with Crippen molar-refractivity contribution in [3.05, 3.63) is 64.4 Å². The second-order valence-electron chi connectivity index (χ2n) is 4.80. The summed E-state index contributed by atoms with van der Waals surface area (Å²) in [7, 11) is 0. The lowest BCUT2D eigenvalue weighted by molar-refractivity contribution is 0.0750. The molecule has 4 nitrogen and oxygen atoms in total. The molecule has 0 unspecified atom stereocenters. The lowest BCUT2D eigenvalue weighted by Crippen LogP contribution is -2.32. The molecule has 0 bridgehead atoms. The molecular weight excluding hydrogens is 330 g/mol. The van der Waals surface area contributed by atoms with E-state index in [4.69, 9.17) is 0 Å². The van der Waals surface area contributed by atoms with E-state index in [9.17, 15) is 4.79 Å². The fourth-order valence-corrected chi connectivity index (χ4v) is 2.69. The molecule has 0 N–H and O–H groups in total. The first-order valence-corrected chi connectivity index (χ1v) is 7.59. The van der Waals surface area contributed by atoms with Gasteiger partial charge in [-0.25, -0.2) is 5.01 Å². The van der Waals surface area contributed by atoms with Crippen LogP contribution in [0, 0.1) is 0 Å². The van der Waals surface area contributed by atoms with E-state index >= 15 is 0 Å². The van der Waals surface area contributed by atoms with Crippen LogP contribution in [0.1, 0.15) is 28.8 Å². The van der Waals surface area contributed by atoms with Crippen LogP contribution < -0.4 is 0 Å². The van der Waals surface area contributed by atoms with E-state index in [1.54, 1.807) is 18.5 Å². The van der Waals surface area contributed by atoms with Crippen molar-refractivity contribution < 1.29 is 4.79 Å². The van der Waals surface area contributed by atoms with Gasteiger partial charge in [0, 0.05) is 23.4 Å². The number of hydrogen-bond donors (Lipinski definition) is 0. The van der Waals surface area contributed by atoms with Gasteiger partial charge in [-0.1, -0.05) is 30.3 Å². The molecule has 2 aromatic rings. The zero-order valence-electron chi connectivity index (χ0n) is 11.4. The van der Waals surface area contributed by atoms with Crippen LogP contribution in [0.4, 0.5) is 0 Å². The highest BCUT2D eigenvalue weighted by Gasteiger charge is 2.22. The summed E-state index contributed by atoms with van der Waals surface area (Å²) in [6, 6.07) is 11.7. The lowest BCUT2D eigenvalue weighted by Gasteiger charge is -2.24. The second kappa shape index (κ2) is 6.18. The van der Waals surface area contributed by atoms with E-state index in [-0.39, 0.29) is 5.91 Å². The average Bonchev–Trinajstić information content (AvgIpc) is 2.56. The predicted octanol–water partition coefficient (Wildman–Crippen LogP) is 3.48. The summed E-state index contributed by atoms with van der Waals surface area (Å²) in [5, 5.41) is 6.06. The van der Waals surface area contributed by atoms with Crippen molar-refractivity contribution in [2.24, 2.45) is 5.10 Å².